The van der Waals surface area contributed by atoms with Crippen LogP contribution in [0.1, 0.15) is 36.2 Å². The molecule has 2 aromatic heterocycles. The molecular formula is C22H17ClN2O4S. The molecule has 1 atom stereocenters. The van der Waals surface area contributed by atoms with Crippen LogP contribution in [0.15, 0.2) is 54.7 Å². The number of thiophene rings is 1. The van der Waals surface area contributed by atoms with Crippen molar-refractivity contribution < 1.29 is 19.5 Å². The van der Waals surface area contributed by atoms with Gasteiger partial charge in [-0.1, -0.05) is 17.7 Å². The van der Waals surface area contributed by atoms with Gasteiger partial charge >= 0.3 is 5.97 Å². The number of pyridine rings is 1. The Labute approximate surface area is 181 Å². The second-order valence-corrected chi connectivity index (χ2v) is 8.59. The lowest BCUT2D eigenvalue weighted by atomic mass is 9.99. The van der Waals surface area contributed by atoms with Gasteiger partial charge in [0.1, 0.15) is 4.88 Å². The highest BCUT2D eigenvalue weighted by molar-refractivity contribution is 7.13. The van der Waals surface area contributed by atoms with Crippen molar-refractivity contribution in [2.75, 3.05) is 0 Å². The van der Waals surface area contributed by atoms with Crippen molar-refractivity contribution in [3.05, 3.63) is 86.3 Å². The van der Waals surface area contributed by atoms with E-state index in [1.54, 1.807) is 36.5 Å². The van der Waals surface area contributed by atoms with Gasteiger partial charge in [0.25, 0.3) is 5.91 Å². The van der Waals surface area contributed by atoms with Gasteiger partial charge in [-0.05, 0) is 48.0 Å². The van der Waals surface area contributed by atoms with E-state index in [9.17, 15) is 19.5 Å². The van der Waals surface area contributed by atoms with Crippen LogP contribution in [0.2, 0.25) is 5.02 Å². The van der Waals surface area contributed by atoms with Crippen LogP contribution in [0, 0.1) is 0 Å². The zero-order chi connectivity index (χ0) is 21.3. The number of amides is 1. The Morgan fingerprint density at radius 1 is 1.20 bits per heavy atom. The van der Waals surface area contributed by atoms with E-state index in [0.29, 0.717) is 26.7 Å². The highest BCUT2D eigenvalue weighted by Crippen LogP contribution is 2.28. The molecule has 3 heterocycles. The van der Waals surface area contributed by atoms with Gasteiger partial charge < -0.3 is 10.0 Å². The fourth-order valence-corrected chi connectivity index (χ4v) is 4.60. The average Bonchev–Trinajstić information content (AvgIpc) is 3.17. The van der Waals surface area contributed by atoms with Crippen LogP contribution < -0.4 is 0 Å². The molecule has 0 saturated heterocycles. The number of carbonyl (C=O) groups is 3. The number of halogens is 1. The van der Waals surface area contributed by atoms with E-state index >= 15 is 0 Å². The maximum atomic E-state index is 13.4. The van der Waals surface area contributed by atoms with Crippen molar-refractivity contribution in [3.8, 4) is 0 Å². The highest BCUT2D eigenvalue weighted by Gasteiger charge is 2.36. The van der Waals surface area contributed by atoms with Crippen LogP contribution in [0.4, 0.5) is 0 Å². The van der Waals surface area contributed by atoms with Crippen molar-refractivity contribution >= 4 is 40.6 Å². The summed E-state index contributed by atoms with van der Waals surface area (Å²) in [6.07, 6.45) is 2.03. The van der Waals surface area contributed by atoms with Gasteiger partial charge in [-0.25, -0.2) is 4.79 Å². The minimum absolute atomic E-state index is 0.0977. The molecular weight excluding hydrogens is 424 g/mol. The summed E-state index contributed by atoms with van der Waals surface area (Å²) in [5, 5.41) is 9.67. The first-order valence-corrected chi connectivity index (χ1v) is 10.5. The molecule has 1 N–H and O–H groups in total. The largest absolute Gasteiger partial charge is 0.477 e. The predicted molar refractivity (Wildman–Crippen MR) is 113 cm³/mol. The Balaban J connectivity index is 1.74. The van der Waals surface area contributed by atoms with Gasteiger partial charge in [-0.3, -0.25) is 14.6 Å². The van der Waals surface area contributed by atoms with E-state index < -0.39 is 12.0 Å². The molecule has 1 aliphatic rings. The van der Waals surface area contributed by atoms with Crippen LogP contribution in [0.3, 0.4) is 0 Å². The van der Waals surface area contributed by atoms with E-state index in [0.717, 1.165) is 11.3 Å². The van der Waals surface area contributed by atoms with Crippen molar-refractivity contribution in [1.82, 2.24) is 9.88 Å². The number of ketones is 1. The Hall–Kier alpha value is -3.03. The van der Waals surface area contributed by atoms with Crippen LogP contribution >= 0.6 is 22.9 Å². The molecule has 0 bridgehead atoms. The second kappa shape index (κ2) is 8.38. The minimum atomic E-state index is -1.02. The van der Waals surface area contributed by atoms with Crippen LogP contribution in [-0.2, 0) is 24.2 Å². The molecule has 8 heteroatoms. The summed E-state index contributed by atoms with van der Waals surface area (Å²) in [7, 11) is 0. The molecule has 1 aromatic carbocycles. The van der Waals surface area contributed by atoms with E-state index in [-0.39, 0.29) is 36.0 Å². The van der Waals surface area contributed by atoms with E-state index in [1.807, 2.05) is 12.1 Å². The number of benzene rings is 1. The topological polar surface area (TPSA) is 87.6 Å². The first-order chi connectivity index (χ1) is 14.4. The van der Waals surface area contributed by atoms with Crippen LogP contribution in [0.5, 0.6) is 0 Å². The second-order valence-electron chi connectivity index (χ2n) is 6.99. The summed E-state index contributed by atoms with van der Waals surface area (Å²) in [5.41, 5.74) is 1.74. The average molecular weight is 441 g/mol. The van der Waals surface area contributed by atoms with E-state index in [2.05, 4.69) is 4.98 Å². The zero-order valence-electron chi connectivity index (χ0n) is 15.7. The number of rotatable bonds is 5. The van der Waals surface area contributed by atoms with Crippen molar-refractivity contribution in [1.29, 1.82) is 0 Å². The van der Waals surface area contributed by atoms with E-state index in [4.69, 9.17) is 11.6 Å². The third-order valence-corrected chi connectivity index (χ3v) is 6.29. The SMILES string of the molecule is O=C(O)c1ccc(CN2C(=O)c3ccc(Cl)cc3CC(=O)[C@H]2Cc2ccccn2)s1. The van der Waals surface area contributed by atoms with E-state index in [1.165, 1.54) is 11.0 Å². The maximum absolute atomic E-state index is 13.4. The van der Waals surface area contributed by atoms with Gasteiger partial charge in [-0.15, -0.1) is 11.3 Å². The molecule has 0 saturated carbocycles. The molecule has 3 aromatic rings. The quantitative estimate of drug-likeness (QED) is 0.650. The van der Waals surface area contributed by atoms with Crippen LogP contribution in [0.25, 0.3) is 0 Å². The maximum Gasteiger partial charge on any atom is 0.345 e. The molecule has 1 aliphatic heterocycles. The molecule has 0 spiro atoms. The molecule has 0 radical (unpaired) electrons. The summed E-state index contributed by atoms with van der Waals surface area (Å²) >= 11 is 7.19. The number of fused-ring (bicyclic) bond motifs is 1. The fraction of sp³-hybridized carbons (Fsp3) is 0.182. The first-order valence-electron chi connectivity index (χ1n) is 9.26. The zero-order valence-corrected chi connectivity index (χ0v) is 17.3. The van der Waals surface area contributed by atoms with Crippen LogP contribution in [-0.4, -0.2) is 38.7 Å². The van der Waals surface area contributed by atoms with Crippen molar-refractivity contribution in [2.24, 2.45) is 0 Å². The molecule has 4 rings (SSSR count). The molecule has 30 heavy (non-hydrogen) atoms. The molecule has 1 amide bonds. The summed E-state index contributed by atoms with van der Waals surface area (Å²) in [6.45, 7) is 0.141. The number of hydrogen-bond donors (Lipinski definition) is 1. The Kier molecular flexibility index (Phi) is 5.65. The monoisotopic (exact) mass is 440 g/mol. The molecule has 0 unspecified atom stereocenters. The number of carbonyl (C=O) groups excluding carboxylic acids is 2. The number of nitrogens with zero attached hydrogens (tertiary/aromatic N) is 2. The van der Waals surface area contributed by atoms with Gasteiger partial charge in [0, 0.05) is 40.2 Å². The summed E-state index contributed by atoms with van der Waals surface area (Å²) in [6, 6.07) is 12.8. The fourth-order valence-electron chi connectivity index (χ4n) is 3.56. The number of aromatic nitrogens is 1. The van der Waals surface area contributed by atoms with Crippen molar-refractivity contribution in [2.45, 2.75) is 25.4 Å². The number of carboxylic acid groups (broad SMARTS) is 1. The molecule has 6 nitrogen and oxygen atoms in total. The predicted octanol–water partition coefficient (Wildman–Crippen LogP) is 3.87. The molecule has 152 valence electrons. The van der Waals surface area contributed by atoms with Gasteiger partial charge in [0.2, 0.25) is 0 Å². The number of carboxylic acids is 1. The number of aromatic carboxylic acids is 1. The number of hydrogen-bond acceptors (Lipinski definition) is 5. The normalized spacial score (nSPS) is 16.3. The first kappa shape index (κ1) is 20.3. The van der Waals surface area contributed by atoms with Crippen molar-refractivity contribution in [3.63, 3.8) is 0 Å². The number of Topliss-reactive ketones (excluding diaryl/α,β-unsaturated/α-hetero) is 1. The third kappa shape index (κ3) is 4.13. The minimum Gasteiger partial charge on any atom is -0.477 e. The highest BCUT2D eigenvalue weighted by atomic mass is 35.5. The molecule has 0 fully saturated rings. The Bertz CT molecular complexity index is 1130. The summed E-state index contributed by atoms with van der Waals surface area (Å²) < 4.78 is 0. The van der Waals surface area contributed by atoms with Gasteiger partial charge in [0.05, 0.1) is 12.6 Å². The summed E-state index contributed by atoms with van der Waals surface area (Å²) in [5.74, 6) is -1.40. The Morgan fingerprint density at radius 2 is 2.03 bits per heavy atom. The Morgan fingerprint density at radius 3 is 2.73 bits per heavy atom. The lowest BCUT2D eigenvalue weighted by molar-refractivity contribution is -0.122. The van der Waals surface area contributed by atoms with Gasteiger partial charge in [-0.2, -0.15) is 0 Å². The molecule has 0 aliphatic carbocycles. The third-order valence-electron chi connectivity index (χ3n) is 5.00. The lowest BCUT2D eigenvalue weighted by Gasteiger charge is -2.28. The smallest absolute Gasteiger partial charge is 0.345 e. The lowest BCUT2D eigenvalue weighted by Crippen LogP contribution is -2.44. The van der Waals surface area contributed by atoms with Gasteiger partial charge in [0.15, 0.2) is 5.78 Å². The summed E-state index contributed by atoms with van der Waals surface area (Å²) in [4.78, 5) is 44.6. The standard InChI is InChI=1S/C22H17ClN2O4S/c23-14-4-6-17-13(9-14)10-19(26)18(11-15-3-1-2-8-24-15)25(21(17)27)12-16-5-7-20(30-16)22(28)29/h1-9,18H,10-12H2,(H,28,29)/t18-/m1/s1.